The number of likely N-dealkylation sites (N-methyl/N-ethyl adjacent to an activating group) is 1. The first-order valence-corrected chi connectivity index (χ1v) is 6.58. The molecular weight excluding hydrogens is 236 g/mol. The molecular formula is C11H18N4OS. The summed E-state index contributed by atoms with van der Waals surface area (Å²) in [4.78, 5) is 18.6. The second-order valence-electron chi connectivity index (χ2n) is 4.60. The van der Waals surface area contributed by atoms with Crippen LogP contribution in [0.1, 0.15) is 28.9 Å². The normalized spacial score (nSPS) is 24.2. The first kappa shape index (κ1) is 12.3. The third-order valence-corrected chi connectivity index (χ3v) is 4.03. The molecule has 1 heterocycles. The number of amides is 1. The van der Waals surface area contributed by atoms with Crippen LogP contribution in [-0.2, 0) is 0 Å². The Morgan fingerprint density at radius 1 is 1.59 bits per heavy atom. The number of aromatic nitrogens is 1. The van der Waals surface area contributed by atoms with Gasteiger partial charge >= 0.3 is 0 Å². The third kappa shape index (κ3) is 2.76. The van der Waals surface area contributed by atoms with Crippen molar-refractivity contribution >= 4 is 22.4 Å². The molecule has 1 aliphatic carbocycles. The van der Waals surface area contributed by atoms with E-state index in [0.717, 1.165) is 12.8 Å². The van der Waals surface area contributed by atoms with E-state index in [4.69, 9.17) is 5.73 Å². The van der Waals surface area contributed by atoms with Crippen molar-refractivity contribution in [1.29, 1.82) is 0 Å². The Labute approximate surface area is 105 Å². The molecule has 2 atom stereocenters. The second kappa shape index (κ2) is 5.01. The number of thiazole rings is 1. The molecule has 1 saturated carbocycles. The molecule has 0 spiro atoms. The minimum atomic E-state index is -0.0575. The van der Waals surface area contributed by atoms with Gasteiger partial charge in [-0.1, -0.05) is 11.3 Å². The van der Waals surface area contributed by atoms with Crippen molar-refractivity contribution in [3.63, 3.8) is 0 Å². The Hall–Kier alpha value is -1.14. The highest BCUT2D eigenvalue weighted by Crippen LogP contribution is 2.23. The van der Waals surface area contributed by atoms with Crippen molar-refractivity contribution in [2.45, 2.75) is 31.3 Å². The summed E-state index contributed by atoms with van der Waals surface area (Å²) in [5.74, 6) is -0.0575. The van der Waals surface area contributed by atoms with Gasteiger partial charge in [0, 0.05) is 12.1 Å². The number of nitrogen functional groups attached to an aromatic ring is 1. The molecule has 0 saturated heterocycles. The zero-order chi connectivity index (χ0) is 12.4. The fraction of sp³-hybridized carbons (Fsp3) is 0.636. The highest BCUT2D eigenvalue weighted by atomic mass is 32.1. The molecule has 1 aliphatic rings. The van der Waals surface area contributed by atoms with E-state index in [1.54, 1.807) is 0 Å². The van der Waals surface area contributed by atoms with E-state index in [0.29, 0.717) is 16.1 Å². The number of nitrogens with two attached hydrogens (primary N) is 1. The summed E-state index contributed by atoms with van der Waals surface area (Å²) >= 11 is 1.23. The smallest absolute Gasteiger partial charge is 0.263 e. The Balaban J connectivity index is 1.99. The number of nitrogens with one attached hydrogen (secondary N) is 1. The van der Waals surface area contributed by atoms with Gasteiger partial charge in [0.05, 0.1) is 6.20 Å². The Morgan fingerprint density at radius 3 is 2.94 bits per heavy atom. The van der Waals surface area contributed by atoms with Crippen LogP contribution in [0.4, 0.5) is 5.13 Å². The summed E-state index contributed by atoms with van der Waals surface area (Å²) in [5, 5.41) is 3.51. The molecule has 3 N–H and O–H groups in total. The lowest BCUT2D eigenvalue weighted by Gasteiger charge is -2.26. The van der Waals surface area contributed by atoms with Crippen LogP contribution in [0.2, 0.25) is 0 Å². The molecule has 2 rings (SSSR count). The zero-order valence-corrected chi connectivity index (χ0v) is 11.0. The first-order chi connectivity index (χ1) is 8.08. The summed E-state index contributed by atoms with van der Waals surface area (Å²) in [5.41, 5.74) is 5.52. The summed E-state index contributed by atoms with van der Waals surface area (Å²) < 4.78 is 0. The third-order valence-electron chi connectivity index (χ3n) is 3.21. The fourth-order valence-electron chi connectivity index (χ4n) is 2.36. The van der Waals surface area contributed by atoms with Crippen molar-refractivity contribution in [2.24, 2.45) is 0 Å². The second-order valence-corrected chi connectivity index (χ2v) is 5.67. The summed E-state index contributed by atoms with van der Waals surface area (Å²) in [7, 11) is 4.11. The van der Waals surface area contributed by atoms with Crippen molar-refractivity contribution < 1.29 is 4.79 Å². The van der Waals surface area contributed by atoms with Gasteiger partial charge in [-0.25, -0.2) is 4.98 Å². The summed E-state index contributed by atoms with van der Waals surface area (Å²) in [6.07, 6.45) is 4.89. The largest absolute Gasteiger partial charge is 0.375 e. The molecule has 6 heteroatoms. The van der Waals surface area contributed by atoms with E-state index >= 15 is 0 Å². The molecule has 0 aliphatic heterocycles. The molecule has 1 aromatic heterocycles. The van der Waals surface area contributed by atoms with E-state index < -0.39 is 0 Å². The maximum atomic E-state index is 12.0. The van der Waals surface area contributed by atoms with Crippen molar-refractivity contribution in [3.05, 3.63) is 11.1 Å². The molecule has 0 aromatic carbocycles. The van der Waals surface area contributed by atoms with Gasteiger partial charge in [-0.05, 0) is 33.4 Å². The van der Waals surface area contributed by atoms with Gasteiger partial charge in [0.2, 0.25) is 0 Å². The maximum absolute atomic E-state index is 12.0. The number of carbonyl (C=O) groups excluding carboxylic acids is 1. The molecule has 17 heavy (non-hydrogen) atoms. The van der Waals surface area contributed by atoms with Crippen LogP contribution < -0.4 is 11.1 Å². The molecule has 1 fully saturated rings. The SMILES string of the molecule is CN(C)[C@@H]1CCC[C@H]1NC(=O)c1cnc(N)s1. The average Bonchev–Trinajstić information content (AvgIpc) is 2.86. The Morgan fingerprint density at radius 2 is 2.35 bits per heavy atom. The van der Waals surface area contributed by atoms with Gasteiger partial charge in [0.25, 0.3) is 5.91 Å². The lowest BCUT2D eigenvalue weighted by molar-refractivity contribution is 0.0923. The van der Waals surface area contributed by atoms with E-state index in [1.807, 2.05) is 0 Å². The Bertz CT molecular complexity index is 404. The van der Waals surface area contributed by atoms with Crippen LogP contribution in [0.15, 0.2) is 6.20 Å². The van der Waals surface area contributed by atoms with Gasteiger partial charge in [-0.15, -0.1) is 0 Å². The fourth-order valence-corrected chi connectivity index (χ4v) is 2.95. The first-order valence-electron chi connectivity index (χ1n) is 5.76. The minimum Gasteiger partial charge on any atom is -0.375 e. The van der Waals surface area contributed by atoms with E-state index in [-0.39, 0.29) is 11.9 Å². The monoisotopic (exact) mass is 254 g/mol. The lowest BCUT2D eigenvalue weighted by Crippen LogP contribution is -2.45. The number of hydrogen-bond donors (Lipinski definition) is 2. The number of carbonyl (C=O) groups is 1. The number of anilines is 1. The van der Waals surface area contributed by atoms with Gasteiger partial charge < -0.3 is 16.0 Å². The minimum absolute atomic E-state index is 0.0575. The predicted octanol–water partition coefficient (Wildman–Crippen LogP) is 0.938. The zero-order valence-electron chi connectivity index (χ0n) is 10.1. The number of nitrogens with zero attached hydrogens (tertiary/aromatic N) is 2. The van der Waals surface area contributed by atoms with Crippen LogP contribution in [0, 0.1) is 0 Å². The standard InChI is InChI=1S/C11H18N4OS/c1-15(2)8-5-3-4-7(8)14-10(16)9-6-13-11(12)17-9/h6-8H,3-5H2,1-2H3,(H2,12,13)(H,14,16)/t7-,8-/m1/s1. The van der Waals surface area contributed by atoms with Crippen LogP contribution in [-0.4, -0.2) is 42.0 Å². The Kier molecular flexibility index (Phi) is 3.63. The van der Waals surface area contributed by atoms with Gasteiger partial charge in [-0.3, -0.25) is 4.79 Å². The van der Waals surface area contributed by atoms with Gasteiger partial charge in [-0.2, -0.15) is 0 Å². The number of rotatable bonds is 3. The number of hydrogen-bond acceptors (Lipinski definition) is 5. The molecule has 94 valence electrons. The van der Waals surface area contributed by atoms with Crippen LogP contribution in [0.3, 0.4) is 0 Å². The molecule has 0 bridgehead atoms. The lowest BCUT2D eigenvalue weighted by atomic mass is 10.1. The van der Waals surface area contributed by atoms with Crippen LogP contribution >= 0.6 is 11.3 Å². The molecule has 5 nitrogen and oxygen atoms in total. The van der Waals surface area contributed by atoms with E-state index in [9.17, 15) is 4.79 Å². The van der Waals surface area contributed by atoms with Crippen LogP contribution in [0.25, 0.3) is 0 Å². The molecule has 0 unspecified atom stereocenters. The predicted molar refractivity (Wildman–Crippen MR) is 69.1 cm³/mol. The maximum Gasteiger partial charge on any atom is 0.263 e. The molecule has 1 aromatic rings. The summed E-state index contributed by atoms with van der Waals surface area (Å²) in [6.45, 7) is 0. The topological polar surface area (TPSA) is 71.2 Å². The van der Waals surface area contributed by atoms with E-state index in [1.165, 1.54) is 24.0 Å². The summed E-state index contributed by atoms with van der Waals surface area (Å²) in [6, 6.07) is 0.671. The van der Waals surface area contributed by atoms with Gasteiger partial charge in [0.1, 0.15) is 4.88 Å². The van der Waals surface area contributed by atoms with Crippen LogP contribution in [0.5, 0.6) is 0 Å². The van der Waals surface area contributed by atoms with Crippen molar-refractivity contribution in [1.82, 2.24) is 15.2 Å². The molecule has 1 amide bonds. The average molecular weight is 254 g/mol. The van der Waals surface area contributed by atoms with E-state index in [2.05, 4.69) is 29.3 Å². The quantitative estimate of drug-likeness (QED) is 0.842. The molecule has 0 radical (unpaired) electrons. The highest BCUT2D eigenvalue weighted by molar-refractivity contribution is 7.17. The van der Waals surface area contributed by atoms with Crippen molar-refractivity contribution in [2.75, 3.05) is 19.8 Å². The van der Waals surface area contributed by atoms with Crippen molar-refractivity contribution in [3.8, 4) is 0 Å². The van der Waals surface area contributed by atoms with Gasteiger partial charge in [0.15, 0.2) is 5.13 Å². The highest BCUT2D eigenvalue weighted by Gasteiger charge is 2.30.